The lowest BCUT2D eigenvalue weighted by Gasteiger charge is -2.23. The maximum Gasteiger partial charge on any atom is 0.331 e. The van der Waals surface area contributed by atoms with Crippen molar-refractivity contribution in [2.24, 2.45) is 0 Å². The normalized spacial score (nSPS) is 23.6. The second-order valence-corrected chi connectivity index (χ2v) is 6.07. The van der Waals surface area contributed by atoms with Gasteiger partial charge in [0.15, 0.2) is 5.54 Å². The highest BCUT2D eigenvalue weighted by Gasteiger charge is 2.44. The molecule has 0 aromatic carbocycles. The van der Waals surface area contributed by atoms with Crippen LogP contribution in [0.3, 0.4) is 0 Å². The molecule has 0 saturated carbocycles. The minimum Gasteiger partial charge on any atom is -0.479 e. The molecule has 17 heavy (non-hydrogen) atoms. The van der Waals surface area contributed by atoms with Gasteiger partial charge in [0.1, 0.15) is 0 Å². The number of thiophene rings is 1. The minimum absolute atomic E-state index is 0.0133. The average molecular weight is 320 g/mol. The summed E-state index contributed by atoms with van der Waals surface area (Å²) < 4.78 is 5.89. The zero-order valence-corrected chi connectivity index (χ0v) is 11.1. The second-order valence-electron chi connectivity index (χ2n) is 3.78. The minimum atomic E-state index is -1.29. The van der Waals surface area contributed by atoms with E-state index in [0.29, 0.717) is 18.6 Å². The number of hydrogen-bond donors (Lipinski definition) is 2. The molecule has 2 N–H and O–H groups in total. The smallest absolute Gasteiger partial charge is 0.331 e. The number of nitrogens with one attached hydrogen (secondary N) is 1. The van der Waals surface area contributed by atoms with Gasteiger partial charge in [-0.2, -0.15) is 0 Å². The summed E-state index contributed by atoms with van der Waals surface area (Å²) in [5.74, 6) is -1.45. The van der Waals surface area contributed by atoms with Crippen molar-refractivity contribution in [3.05, 3.63) is 20.8 Å². The fraction of sp³-hybridized carbons (Fsp3) is 0.400. The van der Waals surface area contributed by atoms with Crippen molar-refractivity contribution in [2.75, 3.05) is 13.2 Å². The number of ether oxygens (including phenoxy) is 1. The van der Waals surface area contributed by atoms with E-state index in [4.69, 9.17) is 9.84 Å². The summed E-state index contributed by atoms with van der Waals surface area (Å²) in [4.78, 5) is 23.1. The third-order valence-electron chi connectivity index (χ3n) is 2.61. The summed E-state index contributed by atoms with van der Waals surface area (Å²) in [5, 5.41) is 13.4. The molecule has 2 rings (SSSR count). The Morgan fingerprint density at radius 2 is 2.35 bits per heavy atom. The van der Waals surface area contributed by atoms with E-state index in [0.717, 1.165) is 3.79 Å². The van der Waals surface area contributed by atoms with Crippen LogP contribution in [0.5, 0.6) is 0 Å². The van der Waals surface area contributed by atoms with Crippen LogP contribution in [0.4, 0.5) is 0 Å². The van der Waals surface area contributed by atoms with Crippen LogP contribution >= 0.6 is 27.3 Å². The first-order valence-corrected chi connectivity index (χ1v) is 6.58. The van der Waals surface area contributed by atoms with Gasteiger partial charge in [-0.15, -0.1) is 11.3 Å². The lowest BCUT2D eigenvalue weighted by molar-refractivity contribution is -0.144. The van der Waals surface area contributed by atoms with Crippen molar-refractivity contribution >= 4 is 39.1 Å². The number of rotatable bonds is 3. The number of carboxylic acid groups (broad SMARTS) is 1. The zero-order chi connectivity index (χ0) is 12.5. The van der Waals surface area contributed by atoms with E-state index in [1.165, 1.54) is 11.3 Å². The topological polar surface area (TPSA) is 75.6 Å². The molecule has 0 radical (unpaired) electrons. The van der Waals surface area contributed by atoms with Crippen molar-refractivity contribution in [1.82, 2.24) is 5.32 Å². The Labute approximate surface area is 110 Å². The molecule has 2 heterocycles. The van der Waals surface area contributed by atoms with Crippen LogP contribution in [0.25, 0.3) is 0 Å². The van der Waals surface area contributed by atoms with Gasteiger partial charge in [-0.25, -0.2) is 4.79 Å². The van der Waals surface area contributed by atoms with Crippen molar-refractivity contribution < 1.29 is 19.4 Å². The summed E-state index contributed by atoms with van der Waals surface area (Å²) in [7, 11) is 0. The lowest BCUT2D eigenvalue weighted by Crippen LogP contribution is -2.55. The Hall–Kier alpha value is -0.920. The monoisotopic (exact) mass is 319 g/mol. The van der Waals surface area contributed by atoms with Gasteiger partial charge in [-0.05, 0) is 22.0 Å². The van der Waals surface area contributed by atoms with Gasteiger partial charge in [0.2, 0.25) is 0 Å². The van der Waals surface area contributed by atoms with Gasteiger partial charge in [0.05, 0.1) is 16.0 Å². The van der Waals surface area contributed by atoms with E-state index in [-0.39, 0.29) is 12.5 Å². The predicted molar refractivity (Wildman–Crippen MR) is 65.3 cm³/mol. The van der Waals surface area contributed by atoms with Gasteiger partial charge >= 0.3 is 5.97 Å². The van der Waals surface area contributed by atoms with Crippen LogP contribution in [0.2, 0.25) is 0 Å². The van der Waals surface area contributed by atoms with Gasteiger partial charge in [0.25, 0.3) is 5.91 Å². The van der Waals surface area contributed by atoms with E-state index in [9.17, 15) is 9.59 Å². The molecule has 1 fully saturated rings. The largest absolute Gasteiger partial charge is 0.479 e. The van der Waals surface area contributed by atoms with E-state index >= 15 is 0 Å². The van der Waals surface area contributed by atoms with Crippen molar-refractivity contribution in [3.63, 3.8) is 0 Å². The molecule has 1 aromatic heterocycles. The van der Waals surface area contributed by atoms with E-state index in [2.05, 4.69) is 21.2 Å². The highest BCUT2D eigenvalue weighted by molar-refractivity contribution is 9.11. The molecule has 1 aliphatic heterocycles. The Bertz CT molecular complexity index is 453. The number of carboxylic acids is 1. The molecule has 1 aromatic rings. The molecule has 0 aliphatic carbocycles. The van der Waals surface area contributed by atoms with E-state index in [1.807, 2.05) is 0 Å². The number of aliphatic carboxylic acids is 1. The second kappa shape index (κ2) is 4.75. The van der Waals surface area contributed by atoms with Crippen molar-refractivity contribution in [2.45, 2.75) is 12.0 Å². The number of halogens is 1. The number of amides is 1. The number of hydrogen-bond acceptors (Lipinski definition) is 4. The zero-order valence-electron chi connectivity index (χ0n) is 8.73. The fourth-order valence-corrected chi connectivity index (χ4v) is 2.74. The molecule has 1 amide bonds. The van der Waals surface area contributed by atoms with Crippen LogP contribution < -0.4 is 5.32 Å². The Morgan fingerprint density at radius 3 is 2.82 bits per heavy atom. The maximum absolute atomic E-state index is 11.9. The molecule has 1 aliphatic rings. The third kappa shape index (κ3) is 2.51. The quantitative estimate of drug-likeness (QED) is 0.885. The van der Waals surface area contributed by atoms with Crippen LogP contribution in [-0.4, -0.2) is 35.7 Å². The summed E-state index contributed by atoms with van der Waals surface area (Å²) in [6, 6.07) is 1.66. The predicted octanol–water partition coefficient (Wildman–Crippen LogP) is 1.48. The molecule has 5 nitrogen and oxygen atoms in total. The van der Waals surface area contributed by atoms with Gasteiger partial charge < -0.3 is 15.2 Å². The lowest BCUT2D eigenvalue weighted by atomic mass is 9.98. The number of carbonyl (C=O) groups is 2. The summed E-state index contributed by atoms with van der Waals surface area (Å²) in [6.07, 6.45) is 0.291. The molecule has 0 bridgehead atoms. The Morgan fingerprint density at radius 1 is 1.59 bits per heavy atom. The number of carbonyl (C=O) groups excluding carboxylic acids is 1. The van der Waals surface area contributed by atoms with Gasteiger partial charge in [-0.3, -0.25) is 4.79 Å². The first-order chi connectivity index (χ1) is 8.03. The van der Waals surface area contributed by atoms with Crippen LogP contribution in [0.1, 0.15) is 16.8 Å². The molecule has 92 valence electrons. The van der Waals surface area contributed by atoms with Crippen molar-refractivity contribution in [1.29, 1.82) is 0 Å². The molecule has 1 unspecified atom stereocenters. The average Bonchev–Trinajstić information content (AvgIpc) is 2.87. The molecule has 7 heteroatoms. The molecular formula is C10H10BrNO4S. The summed E-state index contributed by atoms with van der Waals surface area (Å²) in [5.41, 5.74) is -0.833. The molecule has 1 atom stereocenters. The van der Waals surface area contributed by atoms with Gasteiger partial charge in [-0.1, -0.05) is 0 Å². The van der Waals surface area contributed by atoms with E-state index < -0.39 is 11.5 Å². The van der Waals surface area contributed by atoms with Crippen LogP contribution in [0, 0.1) is 0 Å². The van der Waals surface area contributed by atoms with E-state index in [1.54, 1.807) is 11.4 Å². The molecule has 0 spiro atoms. The maximum atomic E-state index is 11.9. The molecule has 1 saturated heterocycles. The van der Waals surface area contributed by atoms with Gasteiger partial charge in [0, 0.05) is 18.4 Å². The fourth-order valence-electron chi connectivity index (χ4n) is 1.60. The SMILES string of the molecule is O=C(NC1(C(=O)O)CCOC1)c1csc(Br)c1. The van der Waals surface area contributed by atoms with Crippen LogP contribution in [-0.2, 0) is 9.53 Å². The first-order valence-electron chi connectivity index (χ1n) is 4.91. The van der Waals surface area contributed by atoms with Crippen LogP contribution in [0.15, 0.2) is 15.2 Å². The summed E-state index contributed by atoms with van der Waals surface area (Å²) in [6.45, 7) is 0.360. The third-order valence-corrected chi connectivity index (χ3v) is 4.12. The molecular weight excluding hydrogens is 310 g/mol. The standard InChI is InChI=1S/C10H10BrNO4S/c11-7-3-6(4-17-7)8(13)12-10(9(14)15)1-2-16-5-10/h3-4H,1-2,5H2,(H,12,13)(H,14,15). The Balaban J connectivity index is 2.14. The highest BCUT2D eigenvalue weighted by Crippen LogP contribution is 2.23. The van der Waals surface area contributed by atoms with Crippen molar-refractivity contribution in [3.8, 4) is 0 Å². The first kappa shape index (κ1) is 12.5. The highest BCUT2D eigenvalue weighted by atomic mass is 79.9. The summed E-state index contributed by atoms with van der Waals surface area (Å²) >= 11 is 4.63. The Kier molecular flexibility index (Phi) is 3.50.